The summed E-state index contributed by atoms with van der Waals surface area (Å²) in [7, 11) is 0. The van der Waals surface area contributed by atoms with Crippen LogP contribution in [0.25, 0.3) is 0 Å². The first-order chi connectivity index (χ1) is 11.4. The zero-order valence-corrected chi connectivity index (χ0v) is 14.4. The fraction of sp³-hybridized carbons (Fsp3) is 0.300. The number of aryl methyl sites for hydroxylation is 1. The van der Waals surface area contributed by atoms with E-state index in [0.717, 1.165) is 5.56 Å². The van der Waals surface area contributed by atoms with Gasteiger partial charge in [0, 0.05) is 12.2 Å². The highest BCUT2D eigenvalue weighted by atomic mass is 16.2. The molecule has 0 saturated carbocycles. The molecule has 0 saturated heterocycles. The summed E-state index contributed by atoms with van der Waals surface area (Å²) in [4.78, 5) is 23.8. The standard InChI is InChI=1S/C20H24N2O2/c1-14(2)17-8-10-18(11-9-17)22-20(24)12-19(23)21-13-16-6-4-15(3)5-7-16/h4-11,14H,12-13H2,1-3H3,(H,21,23)(H,22,24). The molecular formula is C20H24N2O2. The average molecular weight is 324 g/mol. The van der Waals surface area contributed by atoms with Crippen LogP contribution in [0.4, 0.5) is 5.69 Å². The summed E-state index contributed by atoms with van der Waals surface area (Å²) >= 11 is 0. The van der Waals surface area contributed by atoms with Gasteiger partial charge in [0.25, 0.3) is 0 Å². The molecule has 0 bridgehead atoms. The van der Waals surface area contributed by atoms with Gasteiger partial charge in [-0.25, -0.2) is 0 Å². The van der Waals surface area contributed by atoms with E-state index in [-0.39, 0.29) is 18.2 Å². The molecule has 0 spiro atoms. The van der Waals surface area contributed by atoms with Gasteiger partial charge in [-0.3, -0.25) is 9.59 Å². The Labute approximate surface area is 143 Å². The fourth-order valence-corrected chi connectivity index (χ4v) is 2.27. The van der Waals surface area contributed by atoms with Crippen LogP contribution in [0.3, 0.4) is 0 Å². The Morgan fingerprint density at radius 2 is 1.54 bits per heavy atom. The molecule has 0 aromatic heterocycles. The third kappa shape index (κ3) is 5.54. The molecule has 2 aromatic rings. The number of benzene rings is 2. The van der Waals surface area contributed by atoms with E-state index >= 15 is 0 Å². The third-order valence-corrected chi connectivity index (χ3v) is 3.79. The molecule has 0 heterocycles. The molecule has 4 heteroatoms. The molecule has 0 atom stereocenters. The van der Waals surface area contributed by atoms with E-state index in [9.17, 15) is 9.59 Å². The van der Waals surface area contributed by atoms with Crippen molar-refractivity contribution >= 4 is 17.5 Å². The Balaban J connectivity index is 1.78. The maximum atomic E-state index is 11.9. The zero-order chi connectivity index (χ0) is 17.5. The van der Waals surface area contributed by atoms with Crippen LogP contribution in [0, 0.1) is 6.92 Å². The highest BCUT2D eigenvalue weighted by molar-refractivity contribution is 6.03. The lowest BCUT2D eigenvalue weighted by Crippen LogP contribution is -2.27. The van der Waals surface area contributed by atoms with E-state index in [0.29, 0.717) is 18.2 Å². The normalized spacial score (nSPS) is 10.5. The summed E-state index contributed by atoms with van der Waals surface area (Å²) in [6.07, 6.45) is -0.183. The van der Waals surface area contributed by atoms with Gasteiger partial charge in [0.2, 0.25) is 11.8 Å². The van der Waals surface area contributed by atoms with Crippen LogP contribution in [-0.4, -0.2) is 11.8 Å². The van der Waals surface area contributed by atoms with E-state index < -0.39 is 0 Å². The highest BCUT2D eigenvalue weighted by Gasteiger charge is 2.09. The van der Waals surface area contributed by atoms with Crippen LogP contribution in [0.1, 0.15) is 42.9 Å². The van der Waals surface area contributed by atoms with E-state index in [2.05, 4.69) is 24.5 Å². The molecule has 24 heavy (non-hydrogen) atoms. The smallest absolute Gasteiger partial charge is 0.233 e. The second-order valence-corrected chi connectivity index (χ2v) is 6.26. The van der Waals surface area contributed by atoms with Gasteiger partial charge in [-0.1, -0.05) is 55.8 Å². The highest BCUT2D eigenvalue weighted by Crippen LogP contribution is 2.17. The number of hydrogen-bond donors (Lipinski definition) is 2. The van der Waals surface area contributed by atoms with Crippen molar-refractivity contribution in [3.8, 4) is 0 Å². The topological polar surface area (TPSA) is 58.2 Å². The van der Waals surface area contributed by atoms with Gasteiger partial charge in [-0.2, -0.15) is 0 Å². The van der Waals surface area contributed by atoms with Gasteiger partial charge in [-0.15, -0.1) is 0 Å². The van der Waals surface area contributed by atoms with Crippen LogP contribution in [-0.2, 0) is 16.1 Å². The summed E-state index contributed by atoms with van der Waals surface area (Å²) in [6.45, 7) is 6.67. The lowest BCUT2D eigenvalue weighted by molar-refractivity contribution is -0.126. The SMILES string of the molecule is Cc1ccc(CNC(=O)CC(=O)Nc2ccc(C(C)C)cc2)cc1. The lowest BCUT2D eigenvalue weighted by Gasteiger charge is -2.09. The molecular weight excluding hydrogens is 300 g/mol. The first-order valence-electron chi connectivity index (χ1n) is 8.16. The van der Waals surface area contributed by atoms with Crippen LogP contribution < -0.4 is 10.6 Å². The summed E-state index contributed by atoms with van der Waals surface area (Å²) in [6, 6.07) is 15.6. The minimum atomic E-state index is -0.311. The van der Waals surface area contributed by atoms with Gasteiger partial charge in [0.1, 0.15) is 6.42 Å². The fourth-order valence-electron chi connectivity index (χ4n) is 2.27. The quantitative estimate of drug-likeness (QED) is 0.795. The van der Waals surface area contributed by atoms with Crippen molar-refractivity contribution in [1.82, 2.24) is 5.32 Å². The zero-order valence-electron chi connectivity index (χ0n) is 14.4. The van der Waals surface area contributed by atoms with Crippen molar-refractivity contribution in [3.63, 3.8) is 0 Å². The Bertz CT molecular complexity index is 689. The third-order valence-electron chi connectivity index (χ3n) is 3.79. The van der Waals surface area contributed by atoms with Crippen LogP contribution in [0.5, 0.6) is 0 Å². The van der Waals surface area contributed by atoms with Gasteiger partial charge < -0.3 is 10.6 Å². The maximum Gasteiger partial charge on any atom is 0.233 e. The predicted octanol–water partition coefficient (Wildman–Crippen LogP) is 3.76. The molecule has 0 fully saturated rings. The largest absolute Gasteiger partial charge is 0.352 e. The average Bonchev–Trinajstić information content (AvgIpc) is 2.54. The molecule has 0 aliphatic heterocycles. The summed E-state index contributed by atoms with van der Waals surface area (Å²) in [5.41, 5.74) is 4.10. The Kier molecular flexibility index (Phi) is 6.13. The molecule has 2 aromatic carbocycles. The van der Waals surface area contributed by atoms with Gasteiger partial charge in [-0.05, 0) is 36.1 Å². The van der Waals surface area contributed by atoms with Crippen LogP contribution in [0.15, 0.2) is 48.5 Å². The number of rotatable bonds is 6. The van der Waals surface area contributed by atoms with E-state index in [1.807, 2.05) is 55.5 Å². The van der Waals surface area contributed by atoms with Crippen molar-refractivity contribution in [3.05, 3.63) is 65.2 Å². The molecule has 0 aliphatic carbocycles. The lowest BCUT2D eigenvalue weighted by atomic mass is 10.0. The molecule has 0 aliphatic rings. The number of hydrogen-bond acceptors (Lipinski definition) is 2. The molecule has 2 N–H and O–H groups in total. The Morgan fingerprint density at radius 1 is 0.917 bits per heavy atom. The molecule has 4 nitrogen and oxygen atoms in total. The predicted molar refractivity (Wildman–Crippen MR) is 96.8 cm³/mol. The number of anilines is 1. The molecule has 126 valence electrons. The number of amides is 2. The molecule has 0 unspecified atom stereocenters. The molecule has 0 radical (unpaired) electrons. The second kappa shape index (κ2) is 8.29. The van der Waals surface area contributed by atoms with Crippen molar-refractivity contribution < 1.29 is 9.59 Å². The number of nitrogens with one attached hydrogen (secondary N) is 2. The van der Waals surface area contributed by atoms with Crippen LogP contribution >= 0.6 is 0 Å². The van der Waals surface area contributed by atoms with Crippen molar-refractivity contribution in [2.45, 2.75) is 39.7 Å². The maximum absolute atomic E-state index is 11.9. The Hall–Kier alpha value is -2.62. The molecule has 2 amide bonds. The second-order valence-electron chi connectivity index (χ2n) is 6.26. The number of carbonyl (C=O) groups is 2. The first kappa shape index (κ1) is 17.7. The van der Waals surface area contributed by atoms with E-state index in [4.69, 9.17) is 0 Å². The Morgan fingerprint density at radius 3 is 2.12 bits per heavy atom. The van der Waals surface area contributed by atoms with Crippen molar-refractivity contribution in [2.75, 3.05) is 5.32 Å². The summed E-state index contributed by atoms with van der Waals surface area (Å²) in [5.74, 6) is -0.150. The van der Waals surface area contributed by atoms with E-state index in [1.54, 1.807) is 0 Å². The summed E-state index contributed by atoms with van der Waals surface area (Å²) in [5, 5.41) is 5.50. The minimum Gasteiger partial charge on any atom is -0.352 e. The first-order valence-corrected chi connectivity index (χ1v) is 8.16. The van der Waals surface area contributed by atoms with Crippen molar-refractivity contribution in [2.24, 2.45) is 0 Å². The van der Waals surface area contributed by atoms with Crippen LogP contribution in [0.2, 0.25) is 0 Å². The summed E-state index contributed by atoms with van der Waals surface area (Å²) < 4.78 is 0. The van der Waals surface area contributed by atoms with Gasteiger partial charge >= 0.3 is 0 Å². The van der Waals surface area contributed by atoms with E-state index in [1.165, 1.54) is 11.1 Å². The van der Waals surface area contributed by atoms with Gasteiger partial charge in [0.05, 0.1) is 0 Å². The monoisotopic (exact) mass is 324 g/mol. The number of carbonyl (C=O) groups excluding carboxylic acids is 2. The minimum absolute atomic E-state index is 0.183. The molecule has 2 rings (SSSR count). The van der Waals surface area contributed by atoms with Gasteiger partial charge in [0.15, 0.2) is 0 Å². The van der Waals surface area contributed by atoms with Crippen molar-refractivity contribution in [1.29, 1.82) is 0 Å².